The predicted octanol–water partition coefficient (Wildman–Crippen LogP) is 0.800. The minimum Gasteiger partial charge on any atom is -0.491 e. The lowest BCUT2D eigenvalue weighted by atomic mass is 10.0. The van der Waals surface area contributed by atoms with Crippen molar-refractivity contribution in [2.75, 3.05) is 13.7 Å². The summed E-state index contributed by atoms with van der Waals surface area (Å²) in [6.07, 6.45) is 4.33. The van der Waals surface area contributed by atoms with E-state index in [0.29, 0.717) is 6.61 Å². The highest BCUT2D eigenvalue weighted by molar-refractivity contribution is 5.83. The van der Waals surface area contributed by atoms with E-state index in [1.54, 1.807) is 17.9 Å². The molecule has 2 atom stereocenters. The number of fused-ring (bicyclic) bond motifs is 1. The van der Waals surface area contributed by atoms with Gasteiger partial charge in [0.05, 0.1) is 12.2 Å². The van der Waals surface area contributed by atoms with Gasteiger partial charge in [0.25, 0.3) is 0 Å². The number of aromatic nitrogens is 2. The Labute approximate surface area is 129 Å². The van der Waals surface area contributed by atoms with Crippen molar-refractivity contribution in [3.8, 4) is 5.75 Å². The Hall–Kier alpha value is -2.34. The molecule has 0 radical (unpaired) electrons. The van der Waals surface area contributed by atoms with Crippen LogP contribution < -0.4 is 15.4 Å². The molecule has 6 nitrogen and oxygen atoms in total. The number of carbonyl (C=O) groups excluding carboxylic acids is 1. The summed E-state index contributed by atoms with van der Waals surface area (Å²) in [5, 5.41) is 10.2. The first-order valence-corrected chi connectivity index (χ1v) is 7.34. The van der Waals surface area contributed by atoms with E-state index in [2.05, 4.69) is 15.7 Å². The lowest BCUT2D eigenvalue weighted by Crippen LogP contribution is -2.46. The number of ether oxygens (including phenoxy) is 1. The van der Waals surface area contributed by atoms with Gasteiger partial charge in [0.2, 0.25) is 5.91 Å². The average molecular weight is 300 g/mol. The van der Waals surface area contributed by atoms with Crippen molar-refractivity contribution in [3.63, 3.8) is 0 Å². The Bertz CT molecular complexity index is 668. The third-order valence-electron chi connectivity index (χ3n) is 3.83. The average Bonchev–Trinajstić information content (AvgIpc) is 2.94. The fourth-order valence-electron chi connectivity index (χ4n) is 2.74. The van der Waals surface area contributed by atoms with E-state index in [9.17, 15) is 4.79 Å². The lowest BCUT2D eigenvalue weighted by molar-refractivity contribution is -0.124. The fourth-order valence-corrected chi connectivity index (χ4v) is 2.74. The van der Waals surface area contributed by atoms with Crippen LogP contribution in [0.2, 0.25) is 0 Å². The number of hydrogen-bond acceptors (Lipinski definition) is 4. The smallest absolute Gasteiger partial charge is 0.242 e. The van der Waals surface area contributed by atoms with E-state index in [1.807, 2.05) is 37.5 Å². The SMILES string of the molecule is CNC(C(=O)NC1COc2ccccc2C1)c1cnn(C)c1. The van der Waals surface area contributed by atoms with E-state index in [1.165, 1.54) is 0 Å². The van der Waals surface area contributed by atoms with Gasteiger partial charge in [-0.25, -0.2) is 0 Å². The molecule has 6 heteroatoms. The van der Waals surface area contributed by atoms with Gasteiger partial charge in [-0.3, -0.25) is 9.48 Å². The summed E-state index contributed by atoms with van der Waals surface area (Å²) in [4.78, 5) is 12.5. The van der Waals surface area contributed by atoms with Gasteiger partial charge in [-0.15, -0.1) is 0 Å². The molecule has 0 fully saturated rings. The second kappa shape index (κ2) is 6.19. The van der Waals surface area contributed by atoms with Crippen LogP contribution in [0.5, 0.6) is 5.75 Å². The monoisotopic (exact) mass is 300 g/mol. The highest BCUT2D eigenvalue weighted by Gasteiger charge is 2.26. The molecule has 0 saturated carbocycles. The Balaban J connectivity index is 1.67. The van der Waals surface area contributed by atoms with E-state index in [-0.39, 0.29) is 11.9 Å². The van der Waals surface area contributed by atoms with Crippen molar-refractivity contribution in [3.05, 3.63) is 47.8 Å². The highest BCUT2D eigenvalue weighted by Crippen LogP contribution is 2.24. The number of nitrogens with one attached hydrogen (secondary N) is 2. The van der Waals surface area contributed by atoms with E-state index in [0.717, 1.165) is 23.3 Å². The second-order valence-corrected chi connectivity index (χ2v) is 5.50. The summed E-state index contributed by atoms with van der Waals surface area (Å²) < 4.78 is 7.40. The minimum absolute atomic E-state index is 0.0186. The molecule has 22 heavy (non-hydrogen) atoms. The van der Waals surface area contributed by atoms with Gasteiger partial charge in [-0.2, -0.15) is 5.10 Å². The topological polar surface area (TPSA) is 68.2 Å². The lowest BCUT2D eigenvalue weighted by Gasteiger charge is -2.27. The van der Waals surface area contributed by atoms with Gasteiger partial charge in [0.1, 0.15) is 18.4 Å². The van der Waals surface area contributed by atoms with Gasteiger partial charge in [0.15, 0.2) is 0 Å². The van der Waals surface area contributed by atoms with Crippen LogP contribution in [0, 0.1) is 0 Å². The number of hydrogen-bond donors (Lipinski definition) is 2. The third kappa shape index (κ3) is 2.96. The Morgan fingerprint density at radius 3 is 3.00 bits per heavy atom. The number of para-hydroxylation sites is 1. The minimum atomic E-state index is -0.411. The predicted molar refractivity (Wildman–Crippen MR) is 82.6 cm³/mol. The molecule has 1 aromatic carbocycles. The summed E-state index contributed by atoms with van der Waals surface area (Å²) in [6.45, 7) is 0.492. The number of rotatable bonds is 4. The summed E-state index contributed by atoms with van der Waals surface area (Å²) >= 11 is 0. The molecule has 3 rings (SSSR count). The highest BCUT2D eigenvalue weighted by atomic mass is 16.5. The molecule has 1 aliphatic heterocycles. The first-order chi connectivity index (χ1) is 10.7. The quantitative estimate of drug-likeness (QED) is 0.876. The zero-order valence-electron chi connectivity index (χ0n) is 12.7. The molecule has 2 heterocycles. The Morgan fingerprint density at radius 1 is 1.45 bits per heavy atom. The van der Waals surface area contributed by atoms with Crippen LogP contribution in [-0.2, 0) is 18.3 Å². The van der Waals surface area contributed by atoms with E-state index >= 15 is 0 Å². The molecule has 1 aromatic heterocycles. The maximum atomic E-state index is 12.5. The summed E-state index contributed by atoms with van der Waals surface area (Å²) in [7, 11) is 3.60. The van der Waals surface area contributed by atoms with Crippen molar-refractivity contribution in [1.29, 1.82) is 0 Å². The molecule has 0 spiro atoms. The first-order valence-electron chi connectivity index (χ1n) is 7.34. The van der Waals surface area contributed by atoms with Crippen LogP contribution >= 0.6 is 0 Å². The number of aryl methyl sites for hydroxylation is 1. The molecule has 1 amide bonds. The van der Waals surface area contributed by atoms with Crippen molar-refractivity contribution in [2.45, 2.75) is 18.5 Å². The molecule has 1 aliphatic rings. The number of nitrogens with zero attached hydrogens (tertiary/aromatic N) is 2. The molecule has 116 valence electrons. The number of carbonyl (C=O) groups is 1. The maximum absolute atomic E-state index is 12.5. The molecule has 2 N–H and O–H groups in total. The van der Waals surface area contributed by atoms with Crippen molar-refractivity contribution in [2.24, 2.45) is 7.05 Å². The van der Waals surface area contributed by atoms with Crippen molar-refractivity contribution in [1.82, 2.24) is 20.4 Å². The second-order valence-electron chi connectivity index (χ2n) is 5.50. The van der Waals surface area contributed by atoms with Crippen LogP contribution in [0.1, 0.15) is 17.2 Å². The summed E-state index contributed by atoms with van der Waals surface area (Å²) in [5.41, 5.74) is 1.97. The van der Waals surface area contributed by atoms with Crippen LogP contribution in [0.4, 0.5) is 0 Å². The van der Waals surface area contributed by atoms with E-state index < -0.39 is 6.04 Å². The van der Waals surface area contributed by atoms with Crippen molar-refractivity contribution >= 4 is 5.91 Å². The van der Waals surface area contributed by atoms with Gasteiger partial charge >= 0.3 is 0 Å². The molecular weight excluding hydrogens is 280 g/mol. The third-order valence-corrected chi connectivity index (χ3v) is 3.83. The molecule has 2 unspecified atom stereocenters. The van der Waals surface area contributed by atoms with Gasteiger partial charge in [-0.05, 0) is 25.1 Å². The molecule has 0 saturated heterocycles. The van der Waals surface area contributed by atoms with Crippen LogP contribution in [0.3, 0.4) is 0 Å². The standard InChI is InChI=1S/C16H20N4O2/c1-17-15(12-8-18-20(2)9-12)16(21)19-13-7-11-5-3-4-6-14(11)22-10-13/h3-6,8-9,13,15,17H,7,10H2,1-2H3,(H,19,21). The molecule has 2 aromatic rings. The Morgan fingerprint density at radius 2 is 2.27 bits per heavy atom. The number of amides is 1. The summed E-state index contributed by atoms with van der Waals surface area (Å²) in [5.74, 6) is 0.842. The van der Waals surface area contributed by atoms with Crippen LogP contribution in [-0.4, -0.2) is 35.4 Å². The van der Waals surface area contributed by atoms with Gasteiger partial charge < -0.3 is 15.4 Å². The first kappa shape index (κ1) is 14.6. The largest absolute Gasteiger partial charge is 0.491 e. The molecule has 0 aliphatic carbocycles. The van der Waals surface area contributed by atoms with Crippen molar-refractivity contribution < 1.29 is 9.53 Å². The normalized spacial score (nSPS) is 18.2. The zero-order chi connectivity index (χ0) is 15.5. The van der Waals surface area contributed by atoms with Crippen LogP contribution in [0.25, 0.3) is 0 Å². The zero-order valence-corrected chi connectivity index (χ0v) is 12.7. The van der Waals surface area contributed by atoms with Crippen LogP contribution in [0.15, 0.2) is 36.7 Å². The van der Waals surface area contributed by atoms with Gasteiger partial charge in [-0.1, -0.05) is 18.2 Å². The molecular formula is C16H20N4O2. The Kier molecular flexibility index (Phi) is 4.11. The molecule has 0 bridgehead atoms. The van der Waals surface area contributed by atoms with Gasteiger partial charge in [0, 0.05) is 18.8 Å². The summed E-state index contributed by atoms with van der Waals surface area (Å²) in [6, 6.07) is 7.50. The maximum Gasteiger partial charge on any atom is 0.242 e. The number of benzene rings is 1. The number of likely N-dealkylation sites (N-methyl/N-ethyl adjacent to an activating group) is 1. The fraction of sp³-hybridized carbons (Fsp3) is 0.375. The van der Waals surface area contributed by atoms with E-state index in [4.69, 9.17) is 4.74 Å².